The molecule has 4 aliphatic carbocycles. The average molecular weight is 453 g/mol. The van der Waals surface area contributed by atoms with Crippen molar-refractivity contribution in [2.45, 2.75) is 122 Å². The van der Waals surface area contributed by atoms with Gasteiger partial charge in [-0.2, -0.15) is 0 Å². The van der Waals surface area contributed by atoms with Gasteiger partial charge in [0.15, 0.2) is 0 Å². The van der Waals surface area contributed by atoms with Crippen LogP contribution in [0.4, 0.5) is 0 Å². The zero-order valence-electron chi connectivity index (χ0n) is 20.9. The summed E-state index contributed by atoms with van der Waals surface area (Å²) in [5, 5.41) is 53.9. The zero-order valence-corrected chi connectivity index (χ0v) is 20.9. The van der Waals surface area contributed by atoms with Gasteiger partial charge in [0, 0.05) is 6.42 Å². The normalized spacial score (nSPS) is 50.8. The van der Waals surface area contributed by atoms with Gasteiger partial charge in [0.2, 0.25) is 0 Å². The molecule has 4 saturated carbocycles. The summed E-state index contributed by atoms with van der Waals surface area (Å²) in [6, 6.07) is 0. The number of hydrogen-bond acceptors (Lipinski definition) is 5. The van der Waals surface area contributed by atoms with Gasteiger partial charge in [0.25, 0.3) is 0 Å². The molecule has 0 bridgehead atoms. The summed E-state index contributed by atoms with van der Waals surface area (Å²) in [4.78, 5) is 0. The van der Waals surface area contributed by atoms with Crippen LogP contribution in [0.15, 0.2) is 0 Å². The average Bonchev–Trinajstić information content (AvgIpc) is 3.01. The van der Waals surface area contributed by atoms with Crippen LogP contribution in [0.1, 0.15) is 92.4 Å². The quantitative estimate of drug-likeness (QED) is 0.440. The first-order valence-electron chi connectivity index (χ1n) is 13.2. The predicted octanol–water partition coefficient (Wildman–Crippen LogP) is 3.50. The number of rotatable bonds is 5. The van der Waals surface area contributed by atoms with E-state index >= 15 is 0 Å². The smallest absolute Gasteiger partial charge is 0.0616 e. The third-order valence-electron chi connectivity index (χ3n) is 10.9. The largest absolute Gasteiger partial charge is 0.393 e. The summed E-state index contributed by atoms with van der Waals surface area (Å²) in [6.07, 6.45) is 5.66. The second-order valence-corrected chi connectivity index (χ2v) is 13.4. The monoisotopic (exact) mass is 452 g/mol. The van der Waals surface area contributed by atoms with E-state index in [1.807, 2.05) is 0 Å². The summed E-state index contributed by atoms with van der Waals surface area (Å²) >= 11 is 0. The van der Waals surface area contributed by atoms with E-state index in [1.165, 1.54) is 0 Å². The highest BCUT2D eigenvalue weighted by Crippen LogP contribution is 2.68. The summed E-state index contributed by atoms with van der Waals surface area (Å²) in [6.45, 7) is 10.3. The van der Waals surface area contributed by atoms with Gasteiger partial charge < -0.3 is 25.5 Å². The Kier molecular flexibility index (Phi) is 6.60. The van der Waals surface area contributed by atoms with Gasteiger partial charge in [-0.25, -0.2) is 0 Å². The topological polar surface area (TPSA) is 101 Å². The molecule has 0 spiro atoms. The molecule has 5 N–H and O–H groups in total. The predicted molar refractivity (Wildman–Crippen MR) is 125 cm³/mol. The van der Waals surface area contributed by atoms with Crippen molar-refractivity contribution in [3.63, 3.8) is 0 Å². The molecule has 0 aliphatic heterocycles. The lowest BCUT2D eigenvalue weighted by Crippen LogP contribution is -2.62. The van der Waals surface area contributed by atoms with E-state index in [-0.39, 0.29) is 34.9 Å². The van der Waals surface area contributed by atoms with E-state index in [2.05, 4.69) is 20.8 Å². The minimum atomic E-state index is -0.884. The molecule has 32 heavy (non-hydrogen) atoms. The highest BCUT2D eigenvalue weighted by molar-refractivity contribution is 5.14. The molecule has 0 aromatic carbocycles. The van der Waals surface area contributed by atoms with Crippen LogP contribution in [0.2, 0.25) is 0 Å². The van der Waals surface area contributed by atoms with Gasteiger partial charge in [0.05, 0.1) is 30.0 Å². The van der Waals surface area contributed by atoms with Crippen LogP contribution >= 0.6 is 0 Å². The van der Waals surface area contributed by atoms with Crippen molar-refractivity contribution >= 4 is 0 Å². The lowest BCUT2D eigenvalue weighted by Gasteiger charge is -2.63. The van der Waals surface area contributed by atoms with Gasteiger partial charge in [-0.3, -0.25) is 0 Å². The molecule has 5 heteroatoms. The van der Waals surface area contributed by atoms with Gasteiger partial charge in [-0.05, 0) is 112 Å². The van der Waals surface area contributed by atoms with Crippen molar-refractivity contribution < 1.29 is 25.5 Å². The first kappa shape index (κ1) is 24.9. The molecule has 0 amide bonds. The van der Waals surface area contributed by atoms with E-state index in [4.69, 9.17) is 0 Å². The first-order chi connectivity index (χ1) is 14.8. The Labute approximate surface area is 194 Å². The number of fused-ring (bicyclic) bond motifs is 5. The van der Waals surface area contributed by atoms with Crippen molar-refractivity contribution in [2.24, 2.45) is 46.3 Å². The molecule has 186 valence electrons. The molecule has 0 radical (unpaired) electrons. The van der Waals surface area contributed by atoms with E-state index < -0.39 is 17.8 Å². The molecular weight excluding hydrogens is 404 g/mol. The van der Waals surface area contributed by atoms with E-state index in [0.717, 1.165) is 44.9 Å². The van der Waals surface area contributed by atoms with Gasteiger partial charge in [-0.1, -0.05) is 20.8 Å². The van der Waals surface area contributed by atoms with Crippen LogP contribution in [0, 0.1) is 46.3 Å². The maximum Gasteiger partial charge on any atom is 0.0616 e. The van der Waals surface area contributed by atoms with Crippen molar-refractivity contribution in [2.75, 3.05) is 0 Å². The molecular formula is C27H48O5. The van der Waals surface area contributed by atoms with Gasteiger partial charge in [0.1, 0.15) is 0 Å². The molecule has 0 saturated heterocycles. The van der Waals surface area contributed by atoms with Crippen LogP contribution < -0.4 is 0 Å². The maximum absolute atomic E-state index is 11.6. The molecule has 0 aromatic rings. The fourth-order valence-electron chi connectivity index (χ4n) is 9.39. The van der Waals surface area contributed by atoms with Gasteiger partial charge in [-0.15, -0.1) is 0 Å². The van der Waals surface area contributed by atoms with Gasteiger partial charge >= 0.3 is 0 Å². The second-order valence-electron chi connectivity index (χ2n) is 13.4. The third-order valence-corrected chi connectivity index (χ3v) is 10.9. The lowest BCUT2D eigenvalue weighted by atomic mass is 9.43. The summed E-state index contributed by atoms with van der Waals surface area (Å²) < 4.78 is 0. The molecule has 4 rings (SSSR count). The Balaban J connectivity index is 1.55. The molecule has 4 aliphatic rings. The Morgan fingerprint density at radius 1 is 0.969 bits per heavy atom. The molecule has 0 unspecified atom stereocenters. The van der Waals surface area contributed by atoms with Crippen LogP contribution in [-0.4, -0.2) is 55.5 Å². The van der Waals surface area contributed by atoms with Crippen LogP contribution in [-0.2, 0) is 0 Å². The molecule has 0 aromatic heterocycles. The van der Waals surface area contributed by atoms with E-state index in [0.29, 0.717) is 36.5 Å². The Bertz CT molecular complexity index is 675. The zero-order chi connectivity index (χ0) is 23.6. The van der Waals surface area contributed by atoms with E-state index in [9.17, 15) is 25.5 Å². The number of aliphatic hydroxyl groups is 5. The number of hydrogen-bond donors (Lipinski definition) is 5. The minimum absolute atomic E-state index is 0.0953. The van der Waals surface area contributed by atoms with Crippen molar-refractivity contribution in [3.8, 4) is 0 Å². The standard InChI is InChI=1S/C27H48O5/c1-15(10-18(29)14-25(2,3)32)19-6-7-20-24-21(13-23(31)27(19,20)5)26(4)9-8-17(28)11-16(26)12-22(24)30/h15-24,28-32H,6-14H2,1-5H3/t15-,16+,17-,18-,19-,20+,21+,22-,23+,24+,26+,27-/m1/s1. The fraction of sp³-hybridized carbons (Fsp3) is 1.00. The molecule has 12 atom stereocenters. The molecule has 5 nitrogen and oxygen atoms in total. The first-order valence-corrected chi connectivity index (χ1v) is 13.2. The van der Waals surface area contributed by atoms with Crippen molar-refractivity contribution in [3.05, 3.63) is 0 Å². The third kappa shape index (κ3) is 4.08. The molecule has 4 fully saturated rings. The van der Waals surface area contributed by atoms with Crippen LogP contribution in [0.5, 0.6) is 0 Å². The summed E-state index contributed by atoms with van der Waals surface area (Å²) in [5.74, 6) is 1.74. The highest BCUT2D eigenvalue weighted by Gasteiger charge is 2.65. The fourth-order valence-corrected chi connectivity index (χ4v) is 9.39. The summed E-state index contributed by atoms with van der Waals surface area (Å²) in [7, 11) is 0. The van der Waals surface area contributed by atoms with Crippen molar-refractivity contribution in [1.82, 2.24) is 0 Å². The molecule has 0 heterocycles. The SMILES string of the molecule is C[C@H](C[C@@H](O)CC(C)(C)O)[C@H]1CC[C@H]2[C@@H]3[C@H](O)C[C@@H]4C[C@H](O)CC[C@]4(C)[C@H]3C[C@H](O)[C@]12C. The highest BCUT2D eigenvalue weighted by atomic mass is 16.3. The maximum atomic E-state index is 11.6. The van der Waals surface area contributed by atoms with Crippen LogP contribution in [0.25, 0.3) is 0 Å². The minimum Gasteiger partial charge on any atom is -0.393 e. The van der Waals surface area contributed by atoms with Crippen molar-refractivity contribution in [1.29, 1.82) is 0 Å². The lowest BCUT2D eigenvalue weighted by molar-refractivity contribution is -0.207. The Morgan fingerprint density at radius 3 is 2.31 bits per heavy atom. The number of aliphatic hydroxyl groups excluding tert-OH is 4. The Morgan fingerprint density at radius 2 is 1.66 bits per heavy atom. The van der Waals surface area contributed by atoms with E-state index in [1.54, 1.807) is 13.8 Å². The Hall–Kier alpha value is -0.200. The van der Waals surface area contributed by atoms with Crippen LogP contribution in [0.3, 0.4) is 0 Å². The second kappa shape index (κ2) is 8.48. The summed E-state index contributed by atoms with van der Waals surface area (Å²) in [5.41, 5.74) is -1.03.